The number of esters is 1. The van der Waals surface area contributed by atoms with Crippen molar-refractivity contribution in [3.8, 4) is 0 Å². The number of carbonyl (C=O) groups is 1. The second-order valence-electron chi connectivity index (χ2n) is 3.35. The predicted octanol–water partition coefficient (Wildman–Crippen LogP) is 2.40. The Kier molecular flexibility index (Phi) is 2.83. The van der Waals surface area contributed by atoms with E-state index in [0.717, 1.165) is 5.52 Å². The number of nitrogens with zero attached hydrogens (tertiary/aromatic N) is 2. The van der Waals surface area contributed by atoms with E-state index in [2.05, 4.69) is 4.98 Å². The molecule has 84 valence electrons. The van der Waals surface area contributed by atoms with Crippen LogP contribution in [0.2, 0.25) is 5.15 Å². The number of hydrogen-bond acceptors (Lipinski definition) is 3. The Labute approximate surface area is 97.8 Å². The molecule has 0 N–H and O–H groups in total. The van der Waals surface area contributed by atoms with Crippen molar-refractivity contribution in [3.05, 3.63) is 29.0 Å². The number of pyridine rings is 1. The summed E-state index contributed by atoms with van der Waals surface area (Å²) in [5.74, 6) is -0.348. The molecule has 0 saturated heterocycles. The van der Waals surface area contributed by atoms with Gasteiger partial charge in [-0.1, -0.05) is 11.6 Å². The minimum absolute atomic E-state index is 0.348. The standard InChI is InChI=1S/C11H11ClN2O2/c1-3-16-11(15)9-6-7-8(14(9)2)4-5-10(12)13-7/h4-6H,3H2,1-2H3. The molecule has 0 spiro atoms. The van der Waals surface area contributed by atoms with Crippen molar-refractivity contribution in [3.63, 3.8) is 0 Å². The van der Waals surface area contributed by atoms with Crippen molar-refractivity contribution >= 4 is 28.6 Å². The normalized spacial score (nSPS) is 10.7. The Hall–Kier alpha value is -1.55. The van der Waals surface area contributed by atoms with Crippen LogP contribution in [-0.4, -0.2) is 22.1 Å². The van der Waals surface area contributed by atoms with Crippen LogP contribution in [0.4, 0.5) is 0 Å². The summed E-state index contributed by atoms with van der Waals surface area (Å²) in [4.78, 5) is 15.8. The Morgan fingerprint density at radius 2 is 2.31 bits per heavy atom. The molecule has 0 amide bonds. The molecule has 2 aromatic heterocycles. The second kappa shape index (κ2) is 4.14. The van der Waals surface area contributed by atoms with Crippen molar-refractivity contribution in [2.45, 2.75) is 6.92 Å². The molecule has 0 aliphatic carbocycles. The summed E-state index contributed by atoms with van der Waals surface area (Å²) >= 11 is 5.78. The molecular weight excluding hydrogens is 228 g/mol. The van der Waals surface area contributed by atoms with Crippen molar-refractivity contribution < 1.29 is 9.53 Å². The Bertz CT molecular complexity index is 548. The quantitative estimate of drug-likeness (QED) is 0.596. The van der Waals surface area contributed by atoms with Gasteiger partial charge in [0, 0.05) is 7.05 Å². The van der Waals surface area contributed by atoms with Crippen LogP contribution in [0.5, 0.6) is 0 Å². The van der Waals surface area contributed by atoms with Crippen LogP contribution >= 0.6 is 11.6 Å². The third kappa shape index (κ3) is 1.76. The lowest BCUT2D eigenvalue weighted by Gasteiger charge is -2.02. The molecule has 2 rings (SSSR count). The maximum atomic E-state index is 11.6. The average molecular weight is 239 g/mol. The van der Waals surface area contributed by atoms with Gasteiger partial charge in [-0.3, -0.25) is 0 Å². The van der Waals surface area contributed by atoms with Gasteiger partial charge in [-0.05, 0) is 25.1 Å². The molecule has 2 heterocycles. The van der Waals surface area contributed by atoms with Gasteiger partial charge in [-0.25, -0.2) is 9.78 Å². The maximum Gasteiger partial charge on any atom is 0.355 e. The molecule has 0 aliphatic heterocycles. The molecule has 0 aromatic carbocycles. The van der Waals surface area contributed by atoms with Crippen LogP contribution in [-0.2, 0) is 11.8 Å². The number of ether oxygens (including phenoxy) is 1. The molecule has 0 aliphatic rings. The molecule has 0 radical (unpaired) electrons. The SMILES string of the molecule is CCOC(=O)c1cc2nc(Cl)ccc2n1C. The summed E-state index contributed by atoms with van der Waals surface area (Å²) in [5.41, 5.74) is 2.03. The lowest BCUT2D eigenvalue weighted by Crippen LogP contribution is -2.09. The number of hydrogen-bond donors (Lipinski definition) is 0. The smallest absolute Gasteiger partial charge is 0.355 e. The minimum atomic E-state index is -0.348. The summed E-state index contributed by atoms with van der Waals surface area (Å²) in [7, 11) is 1.80. The maximum absolute atomic E-state index is 11.6. The summed E-state index contributed by atoms with van der Waals surface area (Å²) in [5, 5.41) is 0.411. The van der Waals surface area contributed by atoms with Crippen LogP contribution in [0.3, 0.4) is 0 Å². The molecule has 2 aromatic rings. The summed E-state index contributed by atoms with van der Waals surface area (Å²) in [6, 6.07) is 5.20. The molecule has 0 atom stereocenters. The number of halogens is 1. The lowest BCUT2D eigenvalue weighted by molar-refractivity contribution is 0.0516. The van der Waals surface area contributed by atoms with Gasteiger partial charge in [-0.15, -0.1) is 0 Å². The highest BCUT2D eigenvalue weighted by atomic mass is 35.5. The molecule has 0 unspecified atom stereocenters. The largest absolute Gasteiger partial charge is 0.461 e. The third-order valence-corrected chi connectivity index (χ3v) is 2.56. The molecule has 0 saturated carbocycles. The van der Waals surface area contributed by atoms with E-state index in [1.54, 1.807) is 30.7 Å². The average Bonchev–Trinajstić information content (AvgIpc) is 2.56. The zero-order valence-electron chi connectivity index (χ0n) is 9.03. The Morgan fingerprint density at radius 1 is 1.56 bits per heavy atom. The van der Waals surface area contributed by atoms with E-state index in [0.29, 0.717) is 23.0 Å². The number of rotatable bonds is 2. The van der Waals surface area contributed by atoms with E-state index in [4.69, 9.17) is 16.3 Å². The highest BCUT2D eigenvalue weighted by Crippen LogP contribution is 2.19. The number of carbonyl (C=O) groups excluding carboxylic acids is 1. The van der Waals surface area contributed by atoms with Crippen molar-refractivity contribution in [2.75, 3.05) is 6.61 Å². The number of fused-ring (bicyclic) bond motifs is 1. The summed E-state index contributed by atoms with van der Waals surface area (Å²) in [6.45, 7) is 2.13. The van der Waals surface area contributed by atoms with Crippen LogP contribution in [0, 0.1) is 0 Å². The zero-order valence-corrected chi connectivity index (χ0v) is 9.78. The highest BCUT2D eigenvalue weighted by Gasteiger charge is 2.14. The lowest BCUT2D eigenvalue weighted by atomic mass is 10.4. The second-order valence-corrected chi connectivity index (χ2v) is 3.73. The molecular formula is C11H11ClN2O2. The Morgan fingerprint density at radius 3 is 3.00 bits per heavy atom. The van der Waals surface area contributed by atoms with E-state index in [9.17, 15) is 4.79 Å². The van der Waals surface area contributed by atoms with Gasteiger partial charge in [0.2, 0.25) is 0 Å². The van der Waals surface area contributed by atoms with Crippen molar-refractivity contribution in [1.29, 1.82) is 0 Å². The van der Waals surface area contributed by atoms with Crippen molar-refractivity contribution in [2.24, 2.45) is 7.05 Å². The minimum Gasteiger partial charge on any atom is -0.461 e. The van der Waals surface area contributed by atoms with Gasteiger partial charge in [0.25, 0.3) is 0 Å². The van der Waals surface area contributed by atoms with Crippen LogP contribution in [0.15, 0.2) is 18.2 Å². The molecule has 0 bridgehead atoms. The first kappa shape index (κ1) is 11.0. The molecule has 5 heteroatoms. The fourth-order valence-electron chi connectivity index (χ4n) is 1.59. The van der Waals surface area contributed by atoms with Crippen molar-refractivity contribution in [1.82, 2.24) is 9.55 Å². The van der Waals surface area contributed by atoms with E-state index in [1.807, 2.05) is 6.07 Å². The van der Waals surface area contributed by atoms with E-state index < -0.39 is 0 Å². The molecule has 16 heavy (non-hydrogen) atoms. The van der Waals surface area contributed by atoms with Gasteiger partial charge in [-0.2, -0.15) is 0 Å². The van der Waals surface area contributed by atoms with E-state index in [-0.39, 0.29) is 5.97 Å². The van der Waals surface area contributed by atoms with E-state index in [1.165, 1.54) is 0 Å². The van der Waals surface area contributed by atoms with E-state index >= 15 is 0 Å². The predicted molar refractivity (Wildman–Crippen MR) is 61.7 cm³/mol. The molecule has 4 nitrogen and oxygen atoms in total. The fourth-order valence-corrected chi connectivity index (χ4v) is 1.74. The van der Waals surface area contributed by atoms with Gasteiger partial charge in [0.05, 0.1) is 17.6 Å². The third-order valence-electron chi connectivity index (χ3n) is 2.35. The van der Waals surface area contributed by atoms with Gasteiger partial charge in [0.1, 0.15) is 10.8 Å². The van der Waals surface area contributed by atoms with Crippen LogP contribution in [0.1, 0.15) is 17.4 Å². The first-order valence-corrected chi connectivity index (χ1v) is 5.30. The fraction of sp³-hybridized carbons (Fsp3) is 0.273. The van der Waals surface area contributed by atoms with Crippen LogP contribution < -0.4 is 0 Å². The molecule has 0 fully saturated rings. The first-order chi connectivity index (χ1) is 7.63. The topological polar surface area (TPSA) is 44.1 Å². The zero-order chi connectivity index (χ0) is 11.7. The van der Waals surface area contributed by atoms with Crippen LogP contribution in [0.25, 0.3) is 11.0 Å². The highest BCUT2D eigenvalue weighted by molar-refractivity contribution is 6.29. The number of aryl methyl sites for hydroxylation is 1. The Balaban J connectivity index is 2.55. The van der Waals surface area contributed by atoms with Gasteiger partial charge < -0.3 is 9.30 Å². The summed E-state index contributed by atoms with van der Waals surface area (Å²) in [6.07, 6.45) is 0. The van der Waals surface area contributed by atoms with Gasteiger partial charge in [0.15, 0.2) is 0 Å². The van der Waals surface area contributed by atoms with Gasteiger partial charge >= 0.3 is 5.97 Å². The number of aromatic nitrogens is 2. The summed E-state index contributed by atoms with van der Waals surface area (Å²) < 4.78 is 6.69. The first-order valence-electron chi connectivity index (χ1n) is 4.92. The monoisotopic (exact) mass is 238 g/mol.